The highest BCUT2D eigenvalue weighted by Crippen LogP contribution is 2.22. The summed E-state index contributed by atoms with van der Waals surface area (Å²) in [6, 6.07) is -0.849. The van der Waals surface area contributed by atoms with Gasteiger partial charge in [-0.3, -0.25) is 4.79 Å². The molecule has 6 N–H and O–H groups in total. The van der Waals surface area contributed by atoms with E-state index in [1.165, 1.54) is 38.5 Å². The molecule has 7 atom stereocenters. The van der Waals surface area contributed by atoms with E-state index < -0.39 is 49.5 Å². The summed E-state index contributed by atoms with van der Waals surface area (Å²) in [5, 5.41) is 54.2. The Morgan fingerprint density at radius 1 is 0.565 bits per heavy atom. The maximum absolute atomic E-state index is 13.0. The van der Waals surface area contributed by atoms with E-state index in [0.717, 1.165) is 89.9 Å². The van der Waals surface area contributed by atoms with Crippen LogP contribution in [-0.4, -0.2) is 87.5 Å². The van der Waals surface area contributed by atoms with E-state index in [0.29, 0.717) is 19.3 Å². The predicted molar refractivity (Wildman–Crippen MR) is 257 cm³/mol. The van der Waals surface area contributed by atoms with Crippen LogP contribution in [0.1, 0.15) is 162 Å². The van der Waals surface area contributed by atoms with Crippen LogP contribution in [-0.2, 0) is 14.3 Å². The van der Waals surface area contributed by atoms with Gasteiger partial charge in [0, 0.05) is 6.42 Å². The number of hydrogen-bond acceptors (Lipinski definition) is 8. The number of aliphatic hydroxyl groups is 5. The van der Waals surface area contributed by atoms with Crippen LogP contribution in [0.5, 0.6) is 0 Å². The lowest BCUT2D eigenvalue weighted by atomic mass is 9.99. The average molecular weight is 866 g/mol. The molecule has 0 saturated carbocycles. The Labute approximate surface area is 376 Å². The molecule has 1 aliphatic rings. The second kappa shape index (κ2) is 41.8. The van der Waals surface area contributed by atoms with Crippen LogP contribution in [0, 0.1) is 0 Å². The van der Waals surface area contributed by atoms with Gasteiger partial charge in [0.25, 0.3) is 0 Å². The van der Waals surface area contributed by atoms with E-state index in [4.69, 9.17) is 9.47 Å². The first-order chi connectivity index (χ1) is 30.3. The van der Waals surface area contributed by atoms with E-state index >= 15 is 0 Å². The number of nitrogens with one attached hydrogen (secondary N) is 1. The highest BCUT2D eigenvalue weighted by atomic mass is 16.7. The molecule has 7 unspecified atom stereocenters. The Kier molecular flexibility index (Phi) is 38.4. The third-order valence-corrected chi connectivity index (χ3v) is 10.6. The molecule has 0 aromatic rings. The molecular weight excluding hydrogens is 779 g/mol. The molecule has 352 valence electrons. The number of allylic oxidation sites excluding steroid dienone is 17. The van der Waals surface area contributed by atoms with Gasteiger partial charge in [-0.05, 0) is 96.3 Å². The van der Waals surface area contributed by atoms with Crippen molar-refractivity contribution in [2.45, 2.75) is 204 Å². The van der Waals surface area contributed by atoms with Gasteiger partial charge in [-0.2, -0.15) is 0 Å². The van der Waals surface area contributed by atoms with Gasteiger partial charge in [-0.15, -0.1) is 0 Å². The summed E-state index contributed by atoms with van der Waals surface area (Å²) < 4.78 is 11.2. The summed E-state index contributed by atoms with van der Waals surface area (Å²) in [7, 11) is 0. The van der Waals surface area contributed by atoms with Crippen molar-refractivity contribution in [1.82, 2.24) is 5.32 Å². The number of carbonyl (C=O) groups is 1. The van der Waals surface area contributed by atoms with Crippen LogP contribution in [0.3, 0.4) is 0 Å². The van der Waals surface area contributed by atoms with Crippen LogP contribution in [0.25, 0.3) is 0 Å². The number of unbranched alkanes of at least 4 members (excludes halogenated alkanes) is 12. The zero-order valence-electron chi connectivity index (χ0n) is 38.6. The quantitative estimate of drug-likeness (QED) is 0.0265. The molecule has 0 radical (unpaired) electrons. The molecule has 1 aliphatic heterocycles. The lowest BCUT2D eigenvalue weighted by Crippen LogP contribution is -2.60. The summed E-state index contributed by atoms with van der Waals surface area (Å²) in [5.74, 6) is -0.222. The maximum atomic E-state index is 13.0. The van der Waals surface area contributed by atoms with E-state index in [1.54, 1.807) is 6.08 Å². The molecule has 62 heavy (non-hydrogen) atoms. The van der Waals surface area contributed by atoms with Gasteiger partial charge in [0.15, 0.2) is 6.29 Å². The predicted octanol–water partition coefficient (Wildman–Crippen LogP) is 10.7. The minimum Gasteiger partial charge on any atom is -0.394 e. The van der Waals surface area contributed by atoms with Gasteiger partial charge in [-0.1, -0.05) is 168 Å². The van der Waals surface area contributed by atoms with Crippen molar-refractivity contribution < 1.29 is 39.8 Å². The standard InChI is InChI=1S/C53H87NO8/c1-3-5-7-9-11-13-15-17-19-21-22-23-24-25-26-27-29-31-33-35-37-39-41-43-49(57)54-46(45-61-53-52(60)51(59)50(58)48(44-55)62-53)47(56)42-40-38-36-34-32-30-28-20-18-16-14-12-10-8-6-4-2/h5,7,11,13,17-20,22-23,25-26,29,31-32,34,40,42,46-48,50-53,55-56,58-60H,3-4,6,8-10,12,14-16,21,24,27-28,30,33,35-39,41,43-45H2,1-2H3,(H,54,57)/b7-5-,13-11-,19-17-,20-18+,23-22-,26-25-,31-29-,34-32+,42-40+. The summed E-state index contributed by atoms with van der Waals surface area (Å²) in [6.45, 7) is 3.59. The number of hydrogen-bond donors (Lipinski definition) is 6. The van der Waals surface area contributed by atoms with Crippen molar-refractivity contribution in [3.8, 4) is 0 Å². The Morgan fingerprint density at radius 3 is 1.55 bits per heavy atom. The monoisotopic (exact) mass is 866 g/mol. The summed E-state index contributed by atoms with van der Waals surface area (Å²) >= 11 is 0. The summed E-state index contributed by atoms with van der Waals surface area (Å²) in [5.41, 5.74) is 0. The minimum absolute atomic E-state index is 0.222. The Bertz CT molecular complexity index is 1330. The van der Waals surface area contributed by atoms with Gasteiger partial charge < -0.3 is 40.3 Å². The number of amides is 1. The summed E-state index contributed by atoms with van der Waals surface area (Å²) in [4.78, 5) is 13.0. The van der Waals surface area contributed by atoms with Gasteiger partial charge in [0.1, 0.15) is 24.4 Å². The Balaban J connectivity index is 2.40. The molecule has 0 aromatic carbocycles. The molecule has 1 amide bonds. The van der Waals surface area contributed by atoms with E-state index in [9.17, 15) is 30.3 Å². The fourth-order valence-corrected chi connectivity index (χ4v) is 6.72. The molecule has 0 bridgehead atoms. The lowest BCUT2D eigenvalue weighted by molar-refractivity contribution is -0.302. The number of carbonyl (C=O) groups excluding carboxylic acids is 1. The van der Waals surface area contributed by atoms with Crippen LogP contribution in [0.2, 0.25) is 0 Å². The zero-order chi connectivity index (χ0) is 45.1. The molecule has 1 saturated heterocycles. The molecule has 0 spiro atoms. The number of ether oxygens (including phenoxy) is 2. The number of rotatable bonds is 38. The molecule has 9 heteroatoms. The molecule has 0 aromatic heterocycles. The van der Waals surface area contributed by atoms with E-state index in [1.807, 2.05) is 6.08 Å². The van der Waals surface area contributed by atoms with Crippen LogP contribution in [0.4, 0.5) is 0 Å². The highest BCUT2D eigenvalue weighted by Gasteiger charge is 2.44. The molecule has 0 aliphatic carbocycles. The fraction of sp³-hybridized carbons (Fsp3) is 0.642. The smallest absolute Gasteiger partial charge is 0.220 e. The molecular formula is C53H87NO8. The van der Waals surface area contributed by atoms with Crippen molar-refractivity contribution in [3.05, 3.63) is 109 Å². The van der Waals surface area contributed by atoms with Crippen LogP contribution < -0.4 is 5.32 Å². The normalized spacial score (nSPS) is 21.3. The van der Waals surface area contributed by atoms with Crippen molar-refractivity contribution in [3.63, 3.8) is 0 Å². The average Bonchev–Trinajstić information content (AvgIpc) is 3.27. The first kappa shape index (κ1) is 56.9. The Hall–Kier alpha value is -3.15. The largest absolute Gasteiger partial charge is 0.394 e. The summed E-state index contributed by atoms with van der Waals surface area (Å²) in [6.07, 6.45) is 54.1. The van der Waals surface area contributed by atoms with E-state index in [2.05, 4.69) is 116 Å². The Morgan fingerprint density at radius 2 is 1.02 bits per heavy atom. The van der Waals surface area contributed by atoms with Crippen molar-refractivity contribution in [1.29, 1.82) is 0 Å². The topological polar surface area (TPSA) is 149 Å². The first-order valence-electron chi connectivity index (χ1n) is 24.1. The van der Waals surface area contributed by atoms with Gasteiger partial charge in [0.2, 0.25) is 5.91 Å². The molecule has 1 heterocycles. The highest BCUT2D eigenvalue weighted by molar-refractivity contribution is 5.76. The van der Waals surface area contributed by atoms with Crippen LogP contribution in [0.15, 0.2) is 109 Å². The number of aliphatic hydroxyl groups excluding tert-OH is 5. The molecule has 9 nitrogen and oxygen atoms in total. The maximum Gasteiger partial charge on any atom is 0.220 e. The third kappa shape index (κ3) is 31.7. The second-order valence-electron chi connectivity index (χ2n) is 16.1. The molecule has 1 fully saturated rings. The second-order valence-corrected chi connectivity index (χ2v) is 16.1. The van der Waals surface area contributed by atoms with Crippen molar-refractivity contribution in [2.75, 3.05) is 13.2 Å². The third-order valence-electron chi connectivity index (χ3n) is 10.6. The minimum atomic E-state index is -1.59. The fourth-order valence-electron chi connectivity index (χ4n) is 6.72. The first-order valence-corrected chi connectivity index (χ1v) is 24.1. The zero-order valence-corrected chi connectivity index (χ0v) is 38.6. The van der Waals surface area contributed by atoms with Crippen LogP contribution >= 0.6 is 0 Å². The van der Waals surface area contributed by atoms with Crippen molar-refractivity contribution >= 4 is 5.91 Å². The lowest BCUT2D eigenvalue weighted by Gasteiger charge is -2.40. The molecule has 1 rings (SSSR count). The van der Waals surface area contributed by atoms with Gasteiger partial charge in [-0.25, -0.2) is 0 Å². The van der Waals surface area contributed by atoms with Crippen molar-refractivity contribution in [2.24, 2.45) is 0 Å². The van der Waals surface area contributed by atoms with Gasteiger partial charge >= 0.3 is 0 Å². The van der Waals surface area contributed by atoms with E-state index in [-0.39, 0.29) is 12.5 Å². The van der Waals surface area contributed by atoms with Gasteiger partial charge in [0.05, 0.1) is 25.4 Å². The SMILES string of the molecule is CC/C=C\C/C=C\C/C=C\C/C=C\C/C=C\C/C=C\CCCCCCC(=O)NC(COC1OC(CO)C(O)C(O)C1O)C(O)/C=C/CC/C=C/CC/C=C/CCCCCCCC.